The van der Waals surface area contributed by atoms with E-state index >= 15 is 0 Å². The zero-order valence-electron chi connectivity index (χ0n) is 28.3. The summed E-state index contributed by atoms with van der Waals surface area (Å²) in [4.78, 5) is 25.4. The van der Waals surface area contributed by atoms with Crippen LogP contribution in [0.25, 0.3) is 11.1 Å². The molecule has 2 amide bonds. The Hall–Kier alpha value is -5.08. The maximum atomic E-state index is 12.9. The van der Waals surface area contributed by atoms with E-state index in [0.29, 0.717) is 23.8 Å². The van der Waals surface area contributed by atoms with Crippen molar-refractivity contribution in [2.24, 2.45) is 7.05 Å². The zero-order valence-corrected chi connectivity index (χ0v) is 29.2. The largest absolute Gasteiger partial charge is 0.467 e. The molecule has 4 unspecified atom stereocenters. The van der Waals surface area contributed by atoms with Gasteiger partial charge in [0, 0.05) is 37.8 Å². The van der Waals surface area contributed by atoms with Crippen molar-refractivity contribution in [1.82, 2.24) is 30.8 Å². The van der Waals surface area contributed by atoms with Crippen molar-refractivity contribution >= 4 is 23.8 Å². The van der Waals surface area contributed by atoms with E-state index in [1.165, 1.54) is 18.9 Å². The van der Waals surface area contributed by atoms with Crippen molar-refractivity contribution in [3.63, 3.8) is 0 Å². The molecule has 264 valence electrons. The predicted molar refractivity (Wildman–Crippen MR) is 191 cm³/mol. The number of aliphatic hydroxyl groups excluding tert-OH is 1. The number of aliphatic hydroxyl groups is 1. The molecule has 1 saturated heterocycles. The van der Waals surface area contributed by atoms with Crippen LogP contribution in [0.1, 0.15) is 46.6 Å². The van der Waals surface area contributed by atoms with E-state index in [-0.39, 0.29) is 25.4 Å². The van der Waals surface area contributed by atoms with Crippen LogP contribution in [0, 0.1) is 0 Å². The second kappa shape index (κ2) is 17.2. The second-order valence-corrected chi connectivity index (χ2v) is 13.1. The van der Waals surface area contributed by atoms with Gasteiger partial charge in [-0.3, -0.25) is 0 Å². The number of ether oxygens (including phenoxy) is 3. The molecule has 4 aromatic carbocycles. The van der Waals surface area contributed by atoms with Crippen molar-refractivity contribution in [3.05, 3.63) is 131 Å². The van der Waals surface area contributed by atoms with E-state index in [2.05, 4.69) is 26.2 Å². The van der Waals surface area contributed by atoms with Crippen LogP contribution in [0.4, 0.5) is 4.79 Å². The number of hydrogen-bond acceptors (Lipinski definition) is 10. The van der Waals surface area contributed by atoms with Crippen molar-refractivity contribution in [2.45, 2.75) is 55.7 Å². The summed E-state index contributed by atoms with van der Waals surface area (Å²) < 4.78 is 19.6. The predicted octanol–water partition coefficient (Wildman–Crippen LogP) is 5.29. The van der Waals surface area contributed by atoms with Gasteiger partial charge in [0.2, 0.25) is 5.16 Å². The number of nitrogens with zero attached hydrogens (tertiary/aromatic N) is 4. The highest BCUT2D eigenvalue weighted by molar-refractivity contribution is 7.99. The van der Waals surface area contributed by atoms with Crippen molar-refractivity contribution < 1.29 is 28.9 Å². The van der Waals surface area contributed by atoms with E-state index < -0.39 is 24.3 Å². The van der Waals surface area contributed by atoms with Crippen LogP contribution in [-0.4, -0.2) is 62.3 Å². The van der Waals surface area contributed by atoms with Crippen LogP contribution in [0.5, 0.6) is 0 Å². The second-order valence-electron chi connectivity index (χ2n) is 12.1. The molecule has 6 rings (SSSR count). The molecule has 0 spiro atoms. The fourth-order valence-corrected chi connectivity index (χ4v) is 6.75. The van der Waals surface area contributed by atoms with E-state index in [0.717, 1.165) is 38.9 Å². The first-order valence-electron chi connectivity index (χ1n) is 16.6. The van der Waals surface area contributed by atoms with Gasteiger partial charge in [0.05, 0.1) is 25.9 Å². The zero-order chi connectivity index (χ0) is 35.6. The van der Waals surface area contributed by atoms with Gasteiger partial charge in [-0.05, 0) is 43.8 Å². The molecule has 4 atom stereocenters. The number of methoxy groups -OCH3 is 1. The molecular weight excluding hydrogens is 669 g/mol. The number of rotatable bonds is 13. The third kappa shape index (κ3) is 9.38. The Morgan fingerprint density at radius 3 is 2.37 bits per heavy atom. The van der Waals surface area contributed by atoms with E-state index in [9.17, 15) is 14.7 Å². The molecule has 3 N–H and O–H groups in total. The Bertz CT molecular complexity index is 1890. The van der Waals surface area contributed by atoms with Gasteiger partial charge in [0.25, 0.3) is 0 Å². The third-order valence-corrected chi connectivity index (χ3v) is 9.76. The molecular formula is C38H40N6O6S. The number of carbonyl (C=O) groups excluding carboxylic acids is 2. The van der Waals surface area contributed by atoms with Gasteiger partial charge in [-0.15, -0.1) is 5.10 Å². The van der Waals surface area contributed by atoms with Crippen molar-refractivity contribution in [1.29, 1.82) is 0 Å². The number of nitrogens with one attached hydrogen (secondary N) is 2. The highest BCUT2D eigenvalue weighted by atomic mass is 32.2. The summed E-state index contributed by atoms with van der Waals surface area (Å²) in [6.07, 6.45) is -0.0155. The standard InChI is InChI=1S/C38H40N6O6S/c1-44-38(41-42-43-44)51-24-31-21-34(28-14-12-26(23-45)13-15-28)50-36(49-31)29-18-16-27(17-19-29)32-11-7-6-10-30(32)22-39-37(47)40-33(35(46)48-2)20-25-8-4-3-5-9-25/h3-19,31,33-34,36,45H,20-24H2,1-2H3,(H2,39,40,47). The summed E-state index contributed by atoms with van der Waals surface area (Å²) in [7, 11) is 3.11. The summed E-state index contributed by atoms with van der Waals surface area (Å²) in [6, 6.07) is 31.8. The van der Waals surface area contributed by atoms with E-state index in [1.807, 2.05) is 103 Å². The van der Waals surface area contributed by atoms with Crippen LogP contribution < -0.4 is 10.6 Å². The van der Waals surface area contributed by atoms with Crippen LogP contribution in [0.2, 0.25) is 0 Å². The quantitative estimate of drug-likeness (QED) is 0.109. The summed E-state index contributed by atoms with van der Waals surface area (Å²) in [5.74, 6) is 0.122. The van der Waals surface area contributed by atoms with Gasteiger partial charge >= 0.3 is 12.0 Å². The Morgan fingerprint density at radius 1 is 0.941 bits per heavy atom. The lowest BCUT2D eigenvalue weighted by molar-refractivity contribution is -0.245. The Balaban J connectivity index is 1.13. The number of aryl methyl sites for hydroxylation is 1. The first kappa shape index (κ1) is 35.7. The number of benzene rings is 4. The fraction of sp³-hybridized carbons (Fsp3) is 0.289. The minimum absolute atomic E-state index is 0.0219. The molecule has 1 aliphatic rings. The van der Waals surface area contributed by atoms with Crippen molar-refractivity contribution in [2.75, 3.05) is 12.9 Å². The Labute approximate surface area is 300 Å². The molecule has 0 bridgehead atoms. The summed E-state index contributed by atoms with van der Waals surface area (Å²) in [6.45, 7) is 0.223. The average molecular weight is 709 g/mol. The molecule has 5 aromatic rings. The highest BCUT2D eigenvalue weighted by Gasteiger charge is 2.32. The molecule has 51 heavy (non-hydrogen) atoms. The van der Waals surface area contributed by atoms with E-state index in [1.54, 1.807) is 11.7 Å². The maximum absolute atomic E-state index is 12.9. The molecule has 13 heteroatoms. The molecule has 1 fully saturated rings. The summed E-state index contributed by atoms with van der Waals surface area (Å²) in [5, 5.41) is 27.6. The third-order valence-electron chi connectivity index (χ3n) is 8.62. The first-order valence-corrected chi connectivity index (χ1v) is 17.6. The normalized spacial score (nSPS) is 17.7. The number of hydrogen-bond donors (Lipinski definition) is 3. The number of tetrazole rings is 1. The number of amides is 2. The molecule has 0 aliphatic carbocycles. The topological polar surface area (TPSA) is 150 Å². The highest BCUT2D eigenvalue weighted by Crippen LogP contribution is 2.40. The molecule has 1 aromatic heterocycles. The van der Waals surface area contributed by atoms with E-state index in [4.69, 9.17) is 14.2 Å². The number of thioether (sulfide) groups is 1. The smallest absolute Gasteiger partial charge is 0.328 e. The van der Waals surface area contributed by atoms with Crippen LogP contribution in [-0.2, 0) is 45.6 Å². The Kier molecular flexibility index (Phi) is 12.1. The monoisotopic (exact) mass is 708 g/mol. The fourth-order valence-electron chi connectivity index (χ4n) is 5.88. The molecule has 12 nitrogen and oxygen atoms in total. The lowest BCUT2D eigenvalue weighted by atomic mass is 9.98. The number of esters is 1. The van der Waals surface area contributed by atoms with Crippen LogP contribution in [0.3, 0.4) is 0 Å². The lowest BCUT2D eigenvalue weighted by Gasteiger charge is -2.36. The minimum Gasteiger partial charge on any atom is -0.467 e. The molecule has 0 radical (unpaired) electrons. The van der Waals surface area contributed by atoms with Gasteiger partial charge in [0.15, 0.2) is 6.29 Å². The van der Waals surface area contributed by atoms with Crippen LogP contribution >= 0.6 is 11.8 Å². The summed E-state index contributed by atoms with van der Waals surface area (Å²) >= 11 is 1.53. The molecule has 0 saturated carbocycles. The van der Waals surface area contributed by atoms with Gasteiger partial charge in [-0.2, -0.15) is 0 Å². The molecule has 2 heterocycles. The van der Waals surface area contributed by atoms with Gasteiger partial charge in [-0.25, -0.2) is 14.3 Å². The van der Waals surface area contributed by atoms with Gasteiger partial charge < -0.3 is 30.0 Å². The number of carbonyl (C=O) groups is 2. The summed E-state index contributed by atoms with van der Waals surface area (Å²) in [5.41, 5.74) is 6.45. The average Bonchev–Trinajstić information content (AvgIpc) is 3.60. The Morgan fingerprint density at radius 2 is 1.67 bits per heavy atom. The minimum atomic E-state index is -0.828. The molecule has 1 aliphatic heterocycles. The first-order chi connectivity index (χ1) is 24.9. The van der Waals surface area contributed by atoms with Crippen LogP contribution in [0.15, 0.2) is 108 Å². The maximum Gasteiger partial charge on any atom is 0.328 e. The number of urea groups is 1. The SMILES string of the molecule is COC(=O)C(Cc1ccccc1)NC(=O)NCc1ccccc1-c1ccc(C2OC(CSc3nnnn3C)CC(c3ccc(CO)cc3)O2)cc1. The van der Waals surface area contributed by atoms with Gasteiger partial charge in [0.1, 0.15) is 6.04 Å². The van der Waals surface area contributed by atoms with Gasteiger partial charge in [-0.1, -0.05) is 115 Å². The number of aromatic nitrogens is 4. The van der Waals surface area contributed by atoms with Crippen molar-refractivity contribution in [3.8, 4) is 11.1 Å². The lowest BCUT2D eigenvalue weighted by Crippen LogP contribution is -2.47.